The highest BCUT2D eigenvalue weighted by atomic mass is 35.5. The summed E-state index contributed by atoms with van der Waals surface area (Å²) in [5.74, 6) is 0.577. The molecule has 1 amide bonds. The number of hydrogen-bond acceptors (Lipinski definition) is 5. The number of hydrogen-bond donors (Lipinski definition) is 2. The number of amides is 1. The number of aliphatic hydroxyl groups is 1. The maximum atomic E-state index is 13.2. The molecule has 1 aromatic rings. The number of halogens is 1. The van der Waals surface area contributed by atoms with Crippen LogP contribution in [0.3, 0.4) is 0 Å². The first-order valence-corrected chi connectivity index (χ1v) is 22.0. The second-order valence-electron chi connectivity index (χ2n) is 17.2. The Labute approximate surface area is 367 Å². The Morgan fingerprint density at radius 2 is 1.88 bits per heavy atom. The number of rotatable bonds is 14. The molecule has 1 aliphatic carbocycles. The van der Waals surface area contributed by atoms with E-state index in [9.17, 15) is 9.90 Å². The van der Waals surface area contributed by atoms with Crippen molar-refractivity contribution >= 4 is 28.9 Å². The van der Waals surface area contributed by atoms with Gasteiger partial charge >= 0.3 is 0 Å². The minimum atomic E-state index is -0.761. The molecule has 2 aliphatic heterocycles. The second kappa shape index (κ2) is 22.3. The molecule has 4 rings (SSSR count). The Kier molecular flexibility index (Phi) is 17.8. The number of nitrogens with zero attached hydrogens (tertiary/aromatic N) is 2. The molecule has 0 saturated heterocycles. The summed E-state index contributed by atoms with van der Waals surface area (Å²) in [6.07, 6.45) is 26.3. The third kappa shape index (κ3) is 12.0. The Morgan fingerprint density at radius 1 is 1.15 bits per heavy atom. The molecule has 2 atom stereocenters. The molecule has 0 spiro atoms. The van der Waals surface area contributed by atoms with Gasteiger partial charge in [0.25, 0.3) is 0 Å². The van der Waals surface area contributed by atoms with Crippen molar-refractivity contribution in [1.29, 1.82) is 0 Å². The number of fused-ring (bicyclic) bond motifs is 2. The zero-order chi connectivity index (χ0) is 44.0. The van der Waals surface area contributed by atoms with Crippen LogP contribution in [0.5, 0.6) is 0 Å². The maximum absolute atomic E-state index is 13.2. The SMILES string of the molecule is C=C/C(C)=C(\C=C/C)C(C)(C)C(=C)/C=C/C=C1/N(CCCCC(=O)NCCC2C/C=C/CC/C=C/C(=NC)CC3=C(Cl)C(O)CC(C)=C3C(=C)O2)c2ccccc2C1(C)C. The van der Waals surface area contributed by atoms with Crippen molar-refractivity contribution in [2.24, 2.45) is 10.4 Å². The molecule has 0 fully saturated rings. The van der Waals surface area contributed by atoms with Gasteiger partial charge in [0.2, 0.25) is 5.91 Å². The van der Waals surface area contributed by atoms with Gasteiger partial charge in [-0.25, -0.2) is 0 Å². The van der Waals surface area contributed by atoms with Gasteiger partial charge in [0.1, 0.15) is 11.9 Å². The minimum Gasteiger partial charge on any atom is -0.490 e. The second-order valence-corrected chi connectivity index (χ2v) is 17.6. The molecule has 7 heteroatoms. The number of ether oxygens (including phenoxy) is 1. The highest BCUT2D eigenvalue weighted by Crippen LogP contribution is 2.48. The Hall–Kier alpha value is -4.65. The van der Waals surface area contributed by atoms with E-state index in [0.717, 1.165) is 65.8 Å². The fourth-order valence-electron chi connectivity index (χ4n) is 8.44. The molecule has 6 nitrogen and oxygen atoms in total. The number of aliphatic imine (C=N–C) groups is 1. The summed E-state index contributed by atoms with van der Waals surface area (Å²) in [7, 11) is 1.77. The van der Waals surface area contributed by atoms with Crippen molar-refractivity contribution in [2.75, 3.05) is 25.0 Å². The predicted molar refractivity (Wildman–Crippen MR) is 256 cm³/mol. The number of benzene rings is 1. The fourth-order valence-corrected chi connectivity index (χ4v) is 8.68. The molecule has 0 saturated carbocycles. The molecule has 2 unspecified atom stereocenters. The van der Waals surface area contributed by atoms with Crippen molar-refractivity contribution in [1.82, 2.24) is 5.32 Å². The topological polar surface area (TPSA) is 74.2 Å². The third-order valence-electron chi connectivity index (χ3n) is 12.1. The van der Waals surface area contributed by atoms with Crippen molar-refractivity contribution in [2.45, 2.75) is 124 Å². The molecule has 0 bridgehead atoms. The van der Waals surface area contributed by atoms with E-state index in [4.69, 9.17) is 16.3 Å². The minimum absolute atomic E-state index is 0.0419. The van der Waals surface area contributed by atoms with Crippen LogP contribution in [0.2, 0.25) is 0 Å². The smallest absolute Gasteiger partial charge is 0.219 e. The normalized spacial score (nSPS) is 23.0. The van der Waals surface area contributed by atoms with Crippen LogP contribution in [-0.2, 0) is 14.9 Å². The number of aliphatic hydroxyl groups excluding tert-OH is 1. The molecule has 0 radical (unpaired) electrons. The molecule has 322 valence electrons. The zero-order valence-electron chi connectivity index (χ0n) is 37.7. The van der Waals surface area contributed by atoms with Gasteiger partial charge in [0.15, 0.2) is 0 Å². The summed E-state index contributed by atoms with van der Waals surface area (Å²) in [5.41, 5.74) is 10.2. The van der Waals surface area contributed by atoms with E-state index in [1.54, 1.807) is 7.05 Å². The number of allylic oxidation sites excluding steroid dienone is 14. The number of nitrogens with one attached hydrogen (secondary N) is 1. The fraction of sp³-hybridized carbons (Fsp3) is 0.434. The average molecular weight is 833 g/mol. The zero-order valence-corrected chi connectivity index (χ0v) is 38.4. The van der Waals surface area contributed by atoms with Crippen LogP contribution in [0.1, 0.15) is 112 Å². The molecular formula is C53H70ClN3O3. The van der Waals surface area contributed by atoms with Gasteiger partial charge < -0.3 is 20.1 Å². The lowest BCUT2D eigenvalue weighted by Crippen LogP contribution is -2.29. The molecule has 2 heterocycles. The van der Waals surface area contributed by atoms with Crippen LogP contribution >= 0.6 is 11.6 Å². The highest BCUT2D eigenvalue weighted by Gasteiger charge is 2.39. The van der Waals surface area contributed by atoms with Crippen molar-refractivity contribution < 1.29 is 14.6 Å². The molecule has 0 aromatic heterocycles. The Morgan fingerprint density at radius 3 is 2.60 bits per heavy atom. The van der Waals surface area contributed by atoms with Crippen molar-refractivity contribution in [3.05, 3.63) is 160 Å². The lowest BCUT2D eigenvalue weighted by Gasteiger charge is -2.29. The number of carbonyl (C=O) groups is 1. The summed E-state index contributed by atoms with van der Waals surface area (Å²) < 4.78 is 6.56. The number of para-hydroxylation sites is 1. The number of carbonyl (C=O) groups excluding carboxylic acids is 1. The van der Waals surface area contributed by atoms with Crippen molar-refractivity contribution in [3.8, 4) is 0 Å². The standard InChI is InChI=1S/C53H70ClN3O3/c1-12-24-44(37(3)13-2)52(7,8)39(5)25-23-30-48-53(9,10)45-28-19-20-29-46(45)57(48)34-22-21-31-49(59)56-33-32-42-27-18-16-14-15-17-26-41(55-11)36-43-50(40(6)60-42)38(4)35-47(58)51(43)54/h12-13,16-20,23-26,28-30,42,47,58H,2,5-6,14-15,21-22,27,31-36H2,1,3-4,7-11H3,(H,56,59)/b18-16+,24-12-,25-23+,26-17+,44-37+,48-30+,55-41?. The van der Waals surface area contributed by atoms with Crippen LogP contribution in [-0.4, -0.2) is 49.1 Å². The van der Waals surface area contributed by atoms with Gasteiger partial charge in [-0.05, 0) is 92.5 Å². The molecule has 3 aliphatic rings. The van der Waals surface area contributed by atoms with Crippen LogP contribution in [0, 0.1) is 5.41 Å². The van der Waals surface area contributed by atoms with E-state index in [1.807, 2.05) is 26.0 Å². The van der Waals surface area contributed by atoms with E-state index in [2.05, 4.69) is 142 Å². The molecular weight excluding hydrogens is 762 g/mol. The van der Waals surface area contributed by atoms with E-state index in [1.165, 1.54) is 22.5 Å². The van der Waals surface area contributed by atoms with Crippen LogP contribution in [0.15, 0.2) is 160 Å². The molecule has 60 heavy (non-hydrogen) atoms. The third-order valence-corrected chi connectivity index (χ3v) is 12.6. The summed E-state index contributed by atoms with van der Waals surface area (Å²) in [4.78, 5) is 20.1. The predicted octanol–water partition coefficient (Wildman–Crippen LogP) is 12.8. The van der Waals surface area contributed by atoms with Crippen LogP contribution in [0.25, 0.3) is 0 Å². The first-order valence-electron chi connectivity index (χ1n) is 21.7. The van der Waals surface area contributed by atoms with E-state index < -0.39 is 6.10 Å². The quantitative estimate of drug-likeness (QED) is 0.111. The highest BCUT2D eigenvalue weighted by molar-refractivity contribution is 6.31. The lowest BCUT2D eigenvalue weighted by atomic mass is 9.75. The summed E-state index contributed by atoms with van der Waals surface area (Å²) in [5, 5.41) is 14.3. The Bertz CT molecular complexity index is 2050. The lowest BCUT2D eigenvalue weighted by molar-refractivity contribution is -0.121. The first-order chi connectivity index (χ1) is 28.6. The van der Waals surface area contributed by atoms with Crippen LogP contribution < -0.4 is 10.2 Å². The first kappa shape index (κ1) is 48.0. The summed E-state index contributed by atoms with van der Waals surface area (Å²) in [6.45, 7) is 29.3. The van der Waals surface area contributed by atoms with Gasteiger partial charge in [0, 0.05) is 85.7 Å². The van der Waals surface area contributed by atoms with Gasteiger partial charge in [0.05, 0.1) is 11.1 Å². The van der Waals surface area contributed by atoms with E-state index in [0.29, 0.717) is 49.4 Å². The Balaban J connectivity index is 1.38. The average Bonchev–Trinajstić information content (AvgIpc) is 3.42. The van der Waals surface area contributed by atoms with Gasteiger partial charge in [-0.15, -0.1) is 0 Å². The molecule has 2 N–H and O–H groups in total. The monoisotopic (exact) mass is 832 g/mol. The van der Waals surface area contributed by atoms with E-state index in [-0.39, 0.29) is 22.8 Å². The largest absolute Gasteiger partial charge is 0.490 e. The number of anilines is 1. The summed E-state index contributed by atoms with van der Waals surface area (Å²) >= 11 is 6.75. The van der Waals surface area contributed by atoms with E-state index >= 15 is 0 Å². The summed E-state index contributed by atoms with van der Waals surface area (Å²) in [6, 6.07) is 8.65. The van der Waals surface area contributed by atoms with Crippen LogP contribution in [0.4, 0.5) is 5.69 Å². The molecule has 1 aromatic carbocycles. The van der Waals surface area contributed by atoms with Gasteiger partial charge in [-0.2, -0.15) is 0 Å². The maximum Gasteiger partial charge on any atom is 0.219 e. The van der Waals surface area contributed by atoms with Gasteiger partial charge in [-0.3, -0.25) is 9.79 Å². The van der Waals surface area contributed by atoms with Gasteiger partial charge in [-0.1, -0.05) is 131 Å². The van der Waals surface area contributed by atoms with Crippen molar-refractivity contribution in [3.63, 3.8) is 0 Å². The number of unbranched alkanes of at least 4 members (excludes halogenated alkanes) is 1.